The second kappa shape index (κ2) is 7.89. The number of nitrogens with one attached hydrogen (secondary N) is 1. The van der Waals surface area contributed by atoms with E-state index in [0.29, 0.717) is 5.13 Å². The summed E-state index contributed by atoms with van der Waals surface area (Å²) in [4.78, 5) is 17.4. The fourth-order valence-electron chi connectivity index (χ4n) is 2.18. The van der Waals surface area contributed by atoms with E-state index in [1.807, 2.05) is 60.7 Å². The number of para-hydroxylation sites is 1. The van der Waals surface area contributed by atoms with Crippen LogP contribution in [-0.4, -0.2) is 10.9 Å². The Kier molecular flexibility index (Phi) is 5.90. The highest BCUT2D eigenvalue weighted by atomic mass is 79.9. The van der Waals surface area contributed by atoms with E-state index in [4.69, 9.17) is 5.73 Å². The second-order valence-electron chi connectivity index (χ2n) is 4.78. The van der Waals surface area contributed by atoms with E-state index in [1.54, 1.807) is 0 Å². The molecule has 3 N–H and O–H groups in total. The third kappa shape index (κ3) is 4.40. The van der Waals surface area contributed by atoms with Crippen molar-refractivity contribution in [3.8, 4) is 11.3 Å². The summed E-state index contributed by atoms with van der Waals surface area (Å²) in [5, 5.41) is 3.35. The Morgan fingerprint density at radius 2 is 1.65 bits per heavy atom. The van der Waals surface area contributed by atoms with Crippen LogP contribution in [0.2, 0.25) is 0 Å². The first kappa shape index (κ1) is 17.2. The first-order chi connectivity index (χ1) is 10.7. The zero-order chi connectivity index (χ0) is 15.4. The summed E-state index contributed by atoms with van der Waals surface area (Å²) < 4.78 is 0. The molecule has 0 unspecified atom stereocenters. The molecular formula is C17H16BrN3OS. The van der Waals surface area contributed by atoms with Gasteiger partial charge in [-0.2, -0.15) is 0 Å². The molecule has 23 heavy (non-hydrogen) atoms. The maximum absolute atomic E-state index is 12.2. The Hall–Kier alpha value is -2.18. The summed E-state index contributed by atoms with van der Waals surface area (Å²) in [6.07, 6.45) is 0.258. The lowest BCUT2D eigenvalue weighted by Crippen LogP contribution is -2.14. The predicted octanol–water partition coefficient (Wildman–Crippen LogP) is 4.15. The molecule has 0 aliphatic heterocycles. The minimum atomic E-state index is -0.0768. The number of carbonyl (C=O) groups is 1. The largest absolute Gasteiger partial charge is 0.375 e. The molecule has 0 spiro atoms. The number of rotatable bonds is 4. The van der Waals surface area contributed by atoms with Gasteiger partial charge in [-0.05, 0) is 12.1 Å². The van der Waals surface area contributed by atoms with Crippen LogP contribution in [0.3, 0.4) is 0 Å². The molecule has 118 valence electrons. The van der Waals surface area contributed by atoms with Gasteiger partial charge in [0.25, 0.3) is 0 Å². The Labute approximate surface area is 149 Å². The van der Waals surface area contributed by atoms with E-state index in [1.165, 1.54) is 11.3 Å². The number of nitrogens with zero attached hydrogens (tertiary/aromatic N) is 1. The number of amides is 1. The van der Waals surface area contributed by atoms with Crippen molar-refractivity contribution in [3.63, 3.8) is 0 Å². The van der Waals surface area contributed by atoms with Crippen LogP contribution in [-0.2, 0) is 11.2 Å². The van der Waals surface area contributed by atoms with Gasteiger partial charge in [0.05, 0.1) is 12.1 Å². The number of thiazole rings is 1. The van der Waals surface area contributed by atoms with Crippen molar-refractivity contribution in [1.29, 1.82) is 0 Å². The van der Waals surface area contributed by atoms with Crippen LogP contribution in [0.1, 0.15) is 4.88 Å². The zero-order valence-corrected chi connectivity index (χ0v) is 14.8. The molecule has 0 saturated carbocycles. The first-order valence-electron chi connectivity index (χ1n) is 6.88. The van der Waals surface area contributed by atoms with E-state index in [-0.39, 0.29) is 29.3 Å². The lowest BCUT2D eigenvalue weighted by atomic mass is 10.1. The summed E-state index contributed by atoms with van der Waals surface area (Å²) in [7, 11) is 0. The lowest BCUT2D eigenvalue weighted by molar-refractivity contribution is -0.115. The Morgan fingerprint density at radius 3 is 2.30 bits per heavy atom. The number of nitrogens with two attached hydrogens (primary N) is 1. The number of nitrogen functional groups attached to an aromatic ring is 1. The van der Waals surface area contributed by atoms with Gasteiger partial charge in [0, 0.05) is 16.1 Å². The molecule has 0 bridgehead atoms. The van der Waals surface area contributed by atoms with Crippen LogP contribution >= 0.6 is 28.3 Å². The van der Waals surface area contributed by atoms with Gasteiger partial charge in [0.1, 0.15) is 0 Å². The average molecular weight is 390 g/mol. The molecule has 0 saturated heterocycles. The molecule has 3 aromatic rings. The van der Waals surface area contributed by atoms with Gasteiger partial charge in [-0.25, -0.2) is 4.98 Å². The summed E-state index contributed by atoms with van der Waals surface area (Å²) in [6.45, 7) is 0. The second-order valence-corrected chi connectivity index (χ2v) is 5.90. The molecule has 1 heterocycles. The number of aromatic nitrogens is 1. The number of hydrogen-bond donors (Lipinski definition) is 2. The lowest BCUT2D eigenvalue weighted by Gasteiger charge is -2.05. The van der Waals surface area contributed by atoms with Crippen LogP contribution in [0.25, 0.3) is 11.3 Å². The molecule has 6 heteroatoms. The van der Waals surface area contributed by atoms with E-state index >= 15 is 0 Å². The first-order valence-corrected chi connectivity index (χ1v) is 7.69. The number of benzene rings is 2. The monoisotopic (exact) mass is 389 g/mol. The minimum Gasteiger partial charge on any atom is -0.375 e. The average Bonchev–Trinajstić information content (AvgIpc) is 2.89. The van der Waals surface area contributed by atoms with E-state index in [0.717, 1.165) is 21.8 Å². The number of halogens is 1. The highest BCUT2D eigenvalue weighted by molar-refractivity contribution is 8.93. The molecule has 1 amide bonds. The minimum absolute atomic E-state index is 0. The van der Waals surface area contributed by atoms with E-state index < -0.39 is 0 Å². The SMILES string of the molecule is Br.Nc1nc(-c2ccccc2)c(CC(=O)Nc2ccccc2)s1. The molecule has 0 aliphatic carbocycles. The molecule has 0 fully saturated rings. The van der Waals surface area contributed by atoms with Crippen molar-refractivity contribution in [2.75, 3.05) is 11.1 Å². The summed E-state index contributed by atoms with van der Waals surface area (Å²) in [6, 6.07) is 19.2. The van der Waals surface area contributed by atoms with Crippen molar-refractivity contribution in [2.24, 2.45) is 0 Å². The normalized spacial score (nSPS) is 9.91. The topological polar surface area (TPSA) is 68.0 Å². The van der Waals surface area contributed by atoms with E-state index in [2.05, 4.69) is 10.3 Å². The van der Waals surface area contributed by atoms with Gasteiger partial charge >= 0.3 is 0 Å². The molecular weight excluding hydrogens is 374 g/mol. The molecule has 3 rings (SSSR count). The molecule has 0 atom stereocenters. The summed E-state index contributed by atoms with van der Waals surface area (Å²) >= 11 is 1.35. The Bertz CT molecular complexity index is 775. The van der Waals surface area contributed by atoms with Crippen LogP contribution in [0.15, 0.2) is 60.7 Å². The van der Waals surface area contributed by atoms with Gasteiger partial charge in [-0.1, -0.05) is 48.5 Å². The van der Waals surface area contributed by atoms with Gasteiger partial charge < -0.3 is 11.1 Å². The fourth-order valence-corrected chi connectivity index (χ4v) is 3.04. The zero-order valence-electron chi connectivity index (χ0n) is 12.2. The van der Waals surface area contributed by atoms with Crippen molar-refractivity contribution < 1.29 is 4.79 Å². The quantitative estimate of drug-likeness (QED) is 0.703. The standard InChI is InChI=1S/C17H15N3OS.BrH/c18-17-20-16(12-7-3-1-4-8-12)14(22-17)11-15(21)19-13-9-5-2-6-10-13;/h1-10H,11H2,(H2,18,20)(H,19,21);1H. The van der Waals surface area contributed by atoms with E-state index in [9.17, 15) is 4.79 Å². The Balaban J connectivity index is 0.00000192. The molecule has 0 radical (unpaired) electrons. The molecule has 0 aliphatic rings. The van der Waals surface area contributed by atoms with Crippen molar-refractivity contribution in [1.82, 2.24) is 4.98 Å². The maximum Gasteiger partial charge on any atom is 0.229 e. The van der Waals surface area contributed by atoms with Crippen LogP contribution in [0.5, 0.6) is 0 Å². The predicted molar refractivity (Wildman–Crippen MR) is 101 cm³/mol. The van der Waals surface area contributed by atoms with Crippen molar-refractivity contribution in [3.05, 3.63) is 65.5 Å². The molecule has 4 nitrogen and oxygen atoms in total. The van der Waals surface area contributed by atoms with Gasteiger partial charge in [0.2, 0.25) is 5.91 Å². The van der Waals surface area contributed by atoms with Gasteiger partial charge in [0.15, 0.2) is 5.13 Å². The third-order valence-electron chi connectivity index (χ3n) is 3.14. The smallest absolute Gasteiger partial charge is 0.229 e. The van der Waals surface area contributed by atoms with Crippen LogP contribution < -0.4 is 11.1 Å². The highest BCUT2D eigenvalue weighted by Crippen LogP contribution is 2.30. The summed E-state index contributed by atoms with van der Waals surface area (Å²) in [5.41, 5.74) is 8.36. The molecule has 2 aromatic carbocycles. The van der Waals surface area contributed by atoms with Crippen LogP contribution in [0, 0.1) is 0 Å². The highest BCUT2D eigenvalue weighted by Gasteiger charge is 2.15. The Morgan fingerprint density at radius 1 is 1.04 bits per heavy atom. The van der Waals surface area contributed by atoms with Gasteiger partial charge in [-0.15, -0.1) is 28.3 Å². The third-order valence-corrected chi connectivity index (χ3v) is 4.02. The number of anilines is 2. The summed E-state index contributed by atoms with van der Waals surface area (Å²) in [5.74, 6) is -0.0768. The number of carbonyl (C=O) groups excluding carboxylic acids is 1. The maximum atomic E-state index is 12.2. The van der Waals surface area contributed by atoms with Crippen molar-refractivity contribution in [2.45, 2.75) is 6.42 Å². The van der Waals surface area contributed by atoms with Crippen LogP contribution in [0.4, 0.5) is 10.8 Å². The van der Waals surface area contributed by atoms with Gasteiger partial charge in [-0.3, -0.25) is 4.79 Å². The van der Waals surface area contributed by atoms with Crippen molar-refractivity contribution >= 4 is 45.0 Å². The molecule has 1 aromatic heterocycles. The number of hydrogen-bond acceptors (Lipinski definition) is 4. The fraction of sp³-hybridized carbons (Fsp3) is 0.0588.